The van der Waals surface area contributed by atoms with E-state index in [0.717, 1.165) is 12.8 Å². The predicted octanol–water partition coefficient (Wildman–Crippen LogP) is 6.65. The summed E-state index contributed by atoms with van der Waals surface area (Å²) in [6.45, 7) is 2.27. The zero-order valence-electron chi connectivity index (χ0n) is 13.8. The minimum absolute atomic E-state index is 0.931. The van der Waals surface area contributed by atoms with Crippen molar-refractivity contribution >= 4 is 8.25 Å². The van der Waals surface area contributed by atoms with Crippen molar-refractivity contribution in [1.82, 2.24) is 0 Å². The minimum Gasteiger partial charge on any atom is -0.238 e. The normalized spacial score (nSPS) is 12.0. The van der Waals surface area contributed by atoms with E-state index in [9.17, 15) is 4.57 Å². The van der Waals surface area contributed by atoms with Crippen molar-refractivity contribution in [3.63, 3.8) is 0 Å². The molecule has 0 heterocycles. The SMILES string of the molecule is CCCCCCCCCCCCCCCC=CO[P+](=O)O. The van der Waals surface area contributed by atoms with Crippen LogP contribution in [-0.2, 0) is 9.09 Å². The van der Waals surface area contributed by atoms with Gasteiger partial charge in [0.25, 0.3) is 0 Å². The van der Waals surface area contributed by atoms with Crippen LogP contribution in [0.1, 0.15) is 96.8 Å². The maximum atomic E-state index is 10.2. The van der Waals surface area contributed by atoms with Crippen LogP contribution >= 0.6 is 8.25 Å². The van der Waals surface area contributed by atoms with Gasteiger partial charge in [0, 0.05) is 4.57 Å². The first-order valence-electron chi connectivity index (χ1n) is 8.75. The van der Waals surface area contributed by atoms with E-state index >= 15 is 0 Å². The summed E-state index contributed by atoms with van der Waals surface area (Å²) in [5.41, 5.74) is 0. The van der Waals surface area contributed by atoms with Gasteiger partial charge in [0.2, 0.25) is 0 Å². The lowest BCUT2D eigenvalue weighted by Gasteiger charge is -2.02. The second-order valence-electron chi connectivity index (χ2n) is 5.75. The Morgan fingerprint density at radius 2 is 1.24 bits per heavy atom. The number of rotatable bonds is 16. The Morgan fingerprint density at radius 1 is 0.810 bits per heavy atom. The molecule has 0 spiro atoms. The molecule has 0 saturated heterocycles. The first-order valence-corrected chi connectivity index (χ1v) is 9.88. The van der Waals surface area contributed by atoms with Gasteiger partial charge in [0.15, 0.2) is 0 Å². The van der Waals surface area contributed by atoms with Gasteiger partial charge in [-0.05, 0) is 18.9 Å². The molecule has 0 aromatic rings. The number of allylic oxidation sites excluding steroid dienone is 1. The van der Waals surface area contributed by atoms with Crippen molar-refractivity contribution in [1.29, 1.82) is 0 Å². The Balaban J connectivity index is 3.02. The van der Waals surface area contributed by atoms with Crippen LogP contribution in [0.25, 0.3) is 0 Å². The standard InChI is InChI=1S/C17H33O3P/c1-2-3-4-5-6-7-8-9-10-11-12-13-14-15-16-17-20-21(18)19/h16-17H,2-15H2,1H3/p+1. The summed E-state index contributed by atoms with van der Waals surface area (Å²) in [7, 11) is -2.48. The van der Waals surface area contributed by atoms with Crippen molar-refractivity contribution < 1.29 is 14.0 Å². The molecule has 4 heteroatoms. The molecule has 1 unspecified atom stereocenters. The van der Waals surface area contributed by atoms with Crippen molar-refractivity contribution in [2.24, 2.45) is 0 Å². The molecular formula is C17H34O3P+. The third-order valence-corrected chi connectivity index (χ3v) is 4.02. The fourth-order valence-electron chi connectivity index (χ4n) is 2.44. The molecule has 0 aromatic carbocycles. The van der Waals surface area contributed by atoms with Gasteiger partial charge >= 0.3 is 8.25 Å². The Kier molecular flexibility index (Phi) is 17.3. The summed E-state index contributed by atoms with van der Waals surface area (Å²) in [5, 5.41) is 0. The molecule has 0 aromatic heterocycles. The Bertz CT molecular complexity index is 254. The summed E-state index contributed by atoms with van der Waals surface area (Å²) in [4.78, 5) is 8.40. The van der Waals surface area contributed by atoms with Crippen LogP contribution in [0.2, 0.25) is 0 Å². The molecular weight excluding hydrogens is 283 g/mol. The Hall–Kier alpha value is -0.400. The fraction of sp³-hybridized carbons (Fsp3) is 0.882. The minimum atomic E-state index is -2.48. The van der Waals surface area contributed by atoms with E-state index in [1.807, 2.05) is 6.08 Å². The summed E-state index contributed by atoms with van der Waals surface area (Å²) >= 11 is 0. The highest BCUT2D eigenvalue weighted by molar-refractivity contribution is 7.32. The number of unbranched alkanes of at least 4 members (excludes halogenated alkanes) is 13. The lowest BCUT2D eigenvalue weighted by Crippen LogP contribution is -1.82. The molecule has 0 amide bonds. The second kappa shape index (κ2) is 17.7. The van der Waals surface area contributed by atoms with Gasteiger partial charge in [-0.25, -0.2) is 4.52 Å². The van der Waals surface area contributed by atoms with Gasteiger partial charge < -0.3 is 0 Å². The smallest absolute Gasteiger partial charge is 0.238 e. The Labute approximate surface area is 132 Å². The van der Waals surface area contributed by atoms with Crippen LogP contribution in [0.3, 0.4) is 0 Å². The quantitative estimate of drug-likeness (QED) is 0.197. The molecule has 21 heavy (non-hydrogen) atoms. The molecule has 0 aliphatic carbocycles. The van der Waals surface area contributed by atoms with Crippen LogP contribution < -0.4 is 0 Å². The molecule has 124 valence electrons. The van der Waals surface area contributed by atoms with Crippen LogP contribution in [0.5, 0.6) is 0 Å². The fourth-order valence-corrected chi connectivity index (χ4v) is 2.63. The second-order valence-corrected chi connectivity index (χ2v) is 6.43. The monoisotopic (exact) mass is 317 g/mol. The average molecular weight is 317 g/mol. The van der Waals surface area contributed by atoms with E-state index in [4.69, 9.17) is 4.89 Å². The van der Waals surface area contributed by atoms with E-state index in [1.165, 1.54) is 83.3 Å². The lowest BCUT2D eigenvalue weighted by molar-refractivity contribution is 0.377. The zero-order chi connectivity index (χ0) is 15.6. The first-order chi connectivity index (χ1) is 10.3. The molecule has 0 radical (unpaired) electrons. The van der Waals surface area contributed by atoms with E-state index in [2.05, 4.69) is 11.4 Å². The van der Waals surface area contributed by atoms with Crippen molar-refractivity contribution in [2.45, 2.75) is 96.8 Å². The number of hydrogen-bond donors (Lipinski definition) is 1. The molecule has 0 rings (SSSR count). The largest absolute Gasteiger partial charge is 0.746 e. The predicted molar refractivity (Wildman–Crippen MR) is 90.4 cm³/mol. The highest BCUT2D eigenvalue weighted by atomic mass is 31.1. The molecule has 0 aliphatic rings. The van der Waals surface area contributed by atoms with Crippen molar-refractivity contribution in [3.05, 3.63) is 12.3 Å². The molecule has 0 bridgehead atoms. The molecule has 0 fully saturated rings. The van der Waals surface area contributed by atoms with Crippen LogP contribution in [0, 0.1) is 0 Å². The maximum absolute atomic E-state index is 10.2. The molecule has 3 nitrogen and oxygen atoms in total. The number of hydrogen-bond acceptors (Lipinski definition) is 2. The summed E-state index contributed by atoms with van der Waals surface area (Å²) in [6, 6.07) is 0. The third-order valence-electron chi connectivity index (χ3n) is 3.72. The van der Waals surface area contributed by atoms with E-state index in [1.54, 1.807) is 0 Å². The highest BCUT2D eigenvalue weighted by Gasteiger charge is 2.06. The van der Waals surface area contributed by atoms with Gasteiger partial charge in [-0.2, -0.15) is 0 Å². The van der Waals surface area contributed by atoms with E-state index in [0.29, 0.717) is 0 Å². The average Bonchev–Trinajstić information content (AvgIpc) is 2.46. The Morgan fingerprint density at radius 3 is 1.67 bits per heavy atom. The van der Waals surface area contributed by atoms with Crippen molar-refractivity contribution in [3.8, 4) is 0 Å². The van der Waals surface area contributed by atoms with Crippen LogP contribution in [0.15, 0.2) is 12.3 Å². The highest BCUT2D eigenvalue weighted by Crippen LogP contribution is 2.15. The summed E-state index contributed by atoms with van der Waals surface area (Å²) in [5.74, 6) is 0. The zero-order valence-corrected chi connectivity index (χ0v) is 14.7. The molecule has 0 saturated carbocycles. The first kappa shape index (κ1) is 20.6. The third kappa shape index (κ3) is 19.6. The van der Waals surface area contributed by atoms with Crippen molar-refractivity contribution in [2.75, 3.05) is 0 Å². The van der Waals surface area contributed by atoms with Gasteiger partial charge in [0.1, 0.15) is 6.26 Å². The van der Waals surface area contributed by atoms with Crippen LogP contribution in [0.4, 0.5) is 0 Å². The van der Waals surface area contributed by atoms with Crippen LogP contribution in [-0.4, -0.2) is 4.89 Å². The topological polar surface area (TPSA) is 46.5 Å². The summed E-state index contributed by atoms with van der Waals surface area (Å²) in [6.07, 6.45) is 21.7. The lowest BCUT2D eigenvalue weighted by atomic mass is 10.0. The van der Waals surface area contributed by atoms with Gasteiger partial charge in [-0.15, -0.1) is 4.89 Å². The molecule has 1 atom stereocenters. The summed E-state index contributed by atoms with van der Waals surface area (Å²) < 4.78 is 14.7. The molecule has 0 aliphatic heterocycles. The maximum Gasteiger partial charge on any atom is 0.746 e. The molecule has 1 N–H and O–H groups in total. The van der Waals surface area contributed by atoms with E-state index in [-0.39, 0.29) is 0 Å². The van der Waals surface area contributed by atoms with E-state index < -0.39 is 8.25 Å². The van der Waals surface area contributed by atoms with Gasteiger partial charge in [-0.1, -0.05) is 84.0 Å². The van der Waals surface area contributed by atoms with Gasteiger partial charge in [0.05, 0.1) is 0 Å². The van der Waals surface area contributed by atoms with Gasteiger partial charge in [-0.3, -0.25) is 0 Å².